The maximum atomic E-state index is 6.27. The number of fused-ring (bicyclic) bond motifs is 8. The van der Waals surface area contributed by atoms with E-state index in [0.717, 1.165) is 89.4 Å². The number of rotatable bonds is 4. The molecule has 0 saturated heterocycles. The minimum absolute atomic E-state index is 0. The Morgan fingerprint density at radius 3 is 1.42 bits per heavy atom. The van der Waals surface area contributed by atoms with Gasteiger partial charge in [-0.25, -0.2) is 9.97 Å². The van der Waals surface area contributed by atoms with Crippen LogP contribution in [0.15, 0.2) is 127 Å². The SMILES string of the molecule is Nc1ccc(C2=Cc3cc4ccc(cc5nc(cc6[nH]c(c(-c7ccc(N)cc7)c2n3)c(-c2ccc(N)cc2)c6-c2ccc(N)cc2)C=C5)[nH]4)cc1.[Pt]. The average Bonchev–Trinajstić information content (AvgIpc) is 3.95. The predicted octanol–water partition coefficient (Wildman–Crippen LogP) is 9.40. The molecular weight excluding hydrogens is 836 g/mol. The van der Waals surface area contributed by atoms with Gasteiger partial charge in [-0.2, -0.15) is 0 Å². The third kappa shape index (κ3) is 6.41. The van der Waals surface area contributed by atoms with Gasteiger partial charge in [-0.05, 0) is 119 Å². The fraction of sp³-hybridized carbons (Fsp3) is 0. The van der Waals surface area contributed by atoms with Crippen molar-refractivity contribution < 1.29 is 21.1 Å². The first-order valence-corrected chi connectivity index (χ1v) is 17.0. The van der Waals surface area contributed by atoms with Gasteiger partial charge in [0.15, 0.2) is 0 Å². The molecule has 8 bridgehead atoms. The molecule has 0 aliphatic carbocycles. The molecule has 0 amide bonds. The molecule has 10 N–H and O–H groups in total. The van der Waals surface area contributed by atoms with E-state index < -0.39 is 0 Å². The summed E-state index contributed by atoms with van der Waals surface area (Å²) >= 11 is 0. The number of nitrogen functional groups attached to an aromatic ring is 4. The number of nitrogens with zero attached hydrogens (tertiary/aromatic N) is 2. The van der Waals surface area contributed by atoms with Crippen molar-refractivity contribution in [2.45, 2.75) is 0 Å². The molecule has 0 spiro atoms. The first-order valence-electron chi connectivity index (χ1n) is 17.0. The Morgan fingerprint density at radius 2 is 0.868 bits per heavy atom. The number of aromatic amines is 2. The second kappa shape index (κ2) is 13.5. The minimum Gasteiger partial charge on any atom is -0.399 e. The van der Waals surface area contributed by atoms with E-state index in [9.17, 15) is 0 Å². The number of hydrogen-bond acceptors (Lipinski definition) is 6. The summed E-state index contributed by atoms with van der Waals surface area (Å²) in [5.74, 6) is 0. The van der Waals surface area contributed by atoms with E-state index in [-0.39, 0.29) is 21.1 Å². The topological polar surface area (TPSA) is 161 Å². The van der Waals surface area contributed by atoms with E-state index in [2.05, 4.69) is 58.5 Å². The summed E-state index contributed by atoms with van der Waals surface area (Å²) in [6, 6.07) is 42.1. The van der Waals surface area contributed by atoms with Crippen LogP contribution in [0, 0.1) is 0 Å². The van der Waals surface area contributed by atoms with Gasteiger partial charge in [0, 0.05) is 82.6 Å². The average molecular weight is 870 g/mol. The molecule has 53 heavy (non-hydrogen) atoms. The van der Waals surface area contributed by atoms with E-state index in [1.54, 1.807) is 0 Å². The van der Waals surface area contributed by atoms with Gasteiger partial charge in [0.2, 0.25) is 0 Å². The first kappa shape index (κ1) is 33.5. The van der Waals surface area contributed by atoms with Crippen LogP contribution in [0.2, 0.25) is 0 Å². The summed E-state index contributed by atoms with van der Waals surface area (Å²) in [6.07, 6.45) is 6.19. The fourth-order valence-electron chi connectivity index (χ4n) is 6.96. The van der Waals surface area contributed by atoms with Crippen molar-refractivity contribution in [3.63, 3.8) is 0 Å². The van der Waals surface area contributed by atoms with Crippen molar-refractivity contribution in [3.8, 4) is 33.4 Å². The van der Waals surface area contributed by atoms with E-state index >= 15 is 0 Å². The van der Waals surface area contributed by atoms with Gasteiger partial charge < -0.3 is 32.9 Å². The standard InChI is InChI=1S/C44H34N8.Pt/c45-29-9-1-25(2-10-29)38-23-37-22-35-18-17-33(49-35)21-34-19-20-36(50-34)24-39-40(26-3-11-30(46)12-4-26)41(27-5-13-31(47)14-6-27)44(52-39)42(43(38)51-37)28-7-15-32(48)16-8-28;/h1-24,49,52H,45-48H2;. The molecule has 9 heteroatoms. The number of aromatic nitrogens is 4. The van der Waals surface area contributed by atoms with Crippen LogP contribution in [0.1, 0.15) is 28.3 Å². The normalized spacial score (nSPS) is 12.0. The van der Waals surface area contributed by atoms with Crippen LogP contribution in [0.25, 0.3) is 79.2 Å². The molecule has 5 heterocycles. The maximum absolute atomic E-state index is 6.27. The van der Waals surface area contributed by atoms with Crippen molar-refractivity contribution in [1.82, 2.24) is 19.9 Å². The molecule has 0 radical (unpaired) electrons. The summed E-state index contributed by atoms with van der Waals surface area (Å²) in [7, 11) is 0. The summed E-state index contributed by atoms with van der Waals surface area (Å²) in [5.41, 5.74) is 42.2. The predicted molar refractivity (Wildman–Crippen MR) is 217 cm³/mol. The molecule has 2 aliphatic heterocycles. The number of H-pyrrole nitrogens is 2. The third-order valence-electron chi connectivity index (χ3n) is 9.44. The Morgan fingerprint density at radius 1 is 0.415 bits per heavy atom. The van der Waals surface area contributed by atoms with Gasteiger partial charge in [0.05, 0.1) is 28.3 Å². The monoisotopic (exact) mass is 869 g/mol. The first-order chi connectivity index (χ1) is 25.3. The molecule has 8 nitrogen and oxygen atoms in total. The largest absolute Gasteiger partial charge is 0.399 e. The van der Waals surface area contributed by atoms with Crippen LogP contribution >= 0.6 is 0 Å². The molecular formula is C44H34N8Pt. The van der Waals surface area contributed by atoms with Crippen molar-refractivity contribution in [2.24, 2.45) is 0 Å². The molecule has 3 aromatic heterocycles. The molecule has 260 valence electrons. The molecule has 4 aromatic carbocycles. The molecule has 0 atom stereocenters. The summed E-state index contributed by atoms with van der Waals surface area (Å²) in [6.45, 7) is 0. The second-order valence-corrected chi connectivity index (χ2v) is 13.1. The van der Waals surface area contributed by atoms with Gasteiger partial charge in [0.25, 0.3) is 0 Å². The molecule has 2 aliphatic rings. The van der Waals surface area contributed by atoms with Crippen LogP contribution in [0.5, 0.6) is 0 Å². The Bertz CT molecular complexity index is 2740. The van der Waals surface area contributed by atoms with Crippen molar-refractivity contribution >= 4 is 68.6 Å². The zero-order valence-electron chi connectivity index (χ0n) is 28.4. The van der Waals surface area contributed by atoms with Gasteiger partial charge in [0.1, 0.15) is 0 Å². The van der Waals surface area contributed by atoms with Crippen molar-refractivity contribution in [3.05, 3.63) is 156 Å². The van der Waals surface area contributed by atoms with E-state index in [4.69, 9.17) is 32.9 Å². The molecule has 0 unspecified atom stereocenters. The van der Waals surface area contributed by atoms with Crippen LogP contribution in [0.4, 0.5) is 22.7 Å². The zero-order chi connectivity index (χ0) is 35.3. The summed E-state index contributed by atoms with van der Waals surface area (Å²) < 4.78 is 0. The van der Waals surface area contributed by atoms with Crippen LogP contribution in [0.3, 0.4) is 0 Å². The Labute approximate surface area is 320 Å². The smallest absolute Gasteiger partial charge is 0.0815 e. The maximum Gasteiger partial charge on any atom is 0.0815 e. The van der Waals surface area contributed by atoms with E-state index in [1.165, 1.54) is 0 Å². The Kier molecular flexibility index (Phi) is 8.53. The van der Waals surface area contributed by atoms with Crippen molar-refractivity contribution in [1.29, 1.82) is 0 Å². The summed E-state index contributed by atoms with van der Waals surface area (Å²) in [5, 5.41) is 0. The van der Waals surface area contributed by atoms with Gasteiger partial charge in [-0.1, -0.05) is 48.5 Å². The van der Waals surface area contributed by atoms with Crippen LogP contribution in [-0.4, -0.2) is 19.9 Å². The molecule has 9 rings (SSSR count). The van der Waals surface area contributed by atoms with Crippen LogP contribution < -0.4 is 22.9 Å². The number of benzene rings is 4. The Hall–Kier alpha value is -6.63. The molecule has 0 saturated carbocycles. The molecule has 0 fully saturated rings. The number of nitrogens with two attached hydrogens (primary N) is 4. The number of nitrogens with one attached hydrogen (secondary N) is 2. The minimum atomic E-state index is 0. The van der Waals surface area contributed by atoms with Gasteiger partial charge >= 0.3 is 0 Å². The summed E-state index contributed by atoms with van der Waals surface area (Å²) in [4.78, 5) is 17.8. The van der Waals surface area contributed by atoms with E-state index in [0.29, 0.717) is 22.7 Å². The van der Waals surface area contributed by atoms with Gasteiger partial charge in [-0.15, -0.1) is 0 Å². The zero-order valence-corrected chi connectivity index (χ0v) is 30.6. The van der Waals surface area contributed by atoms with Crippen molar-refractivity contribution in [2.75, 3.05) is 22.9 Å². The number of hydrogen-bond donors (Lipinski definition) is 6. The Balaban J connectivity index is 0.00000400. The fourth-order valence-corrected chi connectivity index (χ4v) is 6.96. The van der Waals surface area contributed by atoms with E-state index in [1.807, 2.05) is 97.1 Å². The quantitative estimate of drug-likeness (QED) is 0.0967. The van der Waals surface area contributed by atoms with Gasteiger partial charge in [-0.3, -0.25) is 0 Å². The second-order valence-electron chi connectivity index (χ2n) is 13.1. The van der Waals surface area contributed by atoms with Crippen LogP contribution in [-0.2, 0) is 21.1 Å². The molecule has 7 aromatic rings. The number of anilines is 4. The third-order valence-corrected chi connectivity index (χ3v) is 9.44.